The average Bonchev–Trinajstić information content (AvgIpc) is 2.83. The van der Waals surface area contributed by atoms with Crippen molar-refractivity contribution in [3.05, 3.63) is 45.4 Å². The molecule has 0 aromatic heterocycles. The molecule has 2 aliphatic rings. The van der Waals surface area contributed by atoms with Gasteiger partial charge in [0.05, 0.1) is 11.2 Å². The Morgan fingerprint density at radius 1 is 1.43 bits per heavy atom. The third-order valence-corrected chi connectivity index (χ3v) is 6.68. The minimum absolute atomic E-state index is 0.00164. The Labute approximate surface area is 142 Å². The maximum absolute atomic E-state index is 12.0. The summed E-state index contributed by atoms with van der Waals surface area (Å²) in [5.74, 6) is -1.08. The smallest absolute Gasteiger partial charge is 0.312 e. The molecule has 0 saturated carbocycles. The van der Waals surface area contributed by atoms with Crippen molar-refractivity contribution in [2.24, 2.45) is 17.1 Å². The maximum atomic E-state index is 12.0. The number of rotatable bonds is 3. The predicted octanol–water partition coefficient (Wildman–Crippen LogP) is 4.41. The van der Waals surface area contributed by atoms with Crippen LogP contribution in [0, 0.1) is 18.3 Å². The number of carboxylic acid groups (broad SMARTS) is 1. The number of carbonyl (C=O) groups is 1. The second kappa shape index (κ2) is 5.99. The highest BCUT2D eigenvalue weighted by molar-refractivity contribution is 8.03. The van der Waals surface area contributed by atoms with Gasteiger partial charge in [0.1, 0.15) is 0 Å². The van der Waals surface area contributed by atoms with Gasteiger partial charge in [-0.15, -0.1) is 11.8 Å². The molecule has 0 fully saturated rings. The van der Waals surface area contributed by atoms with Crippen LogP contribution in [0.1, 0.15) is 55.1 Å². The maximum Gasteiger partial charge on any atom is 0.312 e. The van der Waals surface area contributed by atoms with E-state index in [0.29, 0.717) is 6.54 Å². The SMILES string of the molecule is Cc1cc(CN)ccc1C1SC2=C(CC(C)(C)CC2)C1C(=O)O. The van der Waals surface area contributed by atoms with Crippen molar-refractivity contribution in [2.75, 3.05) is 0 Å². The lowest BCUT2D eigenvalue weighted by atomic mass is 9.73. The van der Waals surface area contributed by atoms with Crippen LogP contribution in [0.15, 0.2) is 28.7 Å². The summed E-state index contributed by atoms with van der Waals surface area (Å²) in [4.78, 5) is 13.3. The Morgan fingerprint density at radius 2 is 2.17 bits per heavy atom. The summed E-state index contributed by atoms with van der Waals surface area (Å²) in [7, 11) is 0. The number of nitrogens with two attached hydrogens (primary N) is 1. The molecule has 3 N–H and O–H groups in total. The lowest BCUT2D eigenvalue weighted by molar-refractivity contribution is -0.140. The van der Waals surface area contributed by atoms with E-state index in [0.717, 1.165) is 36.0 Å². The van der Waals surface area contributed by atoms with E-state index in [-0.39, 0.29) is 10.7 Å². The first-order valence-electron chi connectivity index (χ1n) is 8.23. The van der Waals surface area contributed by atoms with Gasteiger partial charge in [-0.25, -0.2) is 0 Å². The number of hydrogen-bond acceptors (Lipinski definition) is 3. The molecule has 0 spiro atoms. The van der Waals surface area contributed by atoms with Gasteiger partial charge in [0, 0.05) is 6.54 Å². The fourth-order valence-corrected chi connectivity index (χ4v) is 5.53. The molecule has 3 nitrogen and oxygen atoms in total. The highest BCUT2D eigenvalue weighted by Crippen LogP contribution is 2.59. The monoisotopic (exact) mass is 331 g/mol. The molecule has 3 rings (SSSR count). The molecule has 1 aliphatic carbocycles. The van der Waals surface area contributed by atoms with Crippen LogP contribution < -0.4 is 5.73 Å². The van der Waals surface area contributed by atoms with E-state index in [1.807, 2.05) is 6.07 Å². The lowest BCUT2D eigenvalue weighted by Crippen LogP contribution is -2.25. The molecular weight excluding hydrogens is 306 g/mol. The summed E-state index contributed by atoms with van der Waals surface area (Å²) in [6.07, 6.45) is 3.07. The largest absolute Gasteiger partial charge is 0.481 e. The number of aryl methyl sites for hydroxylation is 1. The van der Waals surface area contributed by atoms with Gasteiger partial charge < -0.3 is 10.8 Å². The summed E-state index contributed by atoms with van der Waals surface area (Å²) in [5, 5.41) is 9.88. The van der Waals surface area contributed by atoms with Gasteiger partial charge >= 0.3 is 5.97 Å². The molecule has 4 heteroatoms. The van der Waals surface area contributed by atoms with Gasteiger partial charge in [0.2, 0.25) is 0 Å². The van der Waals surface area contributed by atoms with Gasteiger partial charge in [0.25, 0.3) is 0 Å². The number of benzene rings is 1. The summed E-state index contributed by atoms with van der Waals surface area (Å²) in [5.41, 5.74) is 10.5. The summed E-state index contributed by atoms with van der Waals surface area (Å²) in [6.45, 7) is 7.07. The molecule has 1 aromatic carbocycles. The van der Waals surface area contributed by atoms with Gasteiger partial charge in [-0.3, -0.25) is 4.79 Å². The quantitative estimate of drug-likeness (QED) is 0.861. The van der Waals surface area contributed by atoms with Crippen molar-refractivity contribution >= 4 is 17.7 Å². The fraction of sp³-hybridized carbons (Fsp3) is 0.526. The number of carboxylic acids is 1. The normalized spacial score (nSPS) is 26.3. The van der Waals surface area contributed by atoms with Crippen LogP contribution >= 0.6 is 11.8 Å². The number of thioether (sulfide) groups is 1. The molecule has 1 aliphatic heterocycles. The second-order valence-electron chi connectivity index (χ2n) is 7.54. The molecule has 2 atom stereocenters. The first-order chi connectivity index (χ1) is 10.8. The first-order valence-corrected chi connectivity index (χ1v) is 9.11. The topological polar surface area (TPSA) is 63.3 Å². The van der Waals surface area contributed by atoms with E-state index in [9.17, 15) is 9.90 Å². The molecule has 0 amide bonds. The van der Waals surface area contributed by atoms with Gasteiger partial charge in [0.15, 0.2) is 0 Å². The summed E-state index contributed by atoms with van der Waals surface area (Å²) < 4.78 is 0. The molecule has 0 saturated heterocycles. The van der Waals surface area contributed by atoms with E-state index in [4.69, 9.17) is 5.73 Å². The van der Waals surface area contributed by atoms with Crippen LogP contribution in [0.5, 0.6) is 0 Å². The zero-order chi connectivity index (χ0) is 16.8. The molecule has 23 heavy (non-hydrogen) atoms. The van der Waals surface area contributed by atoms with E-state index >= 15 is 0 Å². The molecule has 1 aromatic rings. The van der Waals surface area contributed by atoms with Crippen LogP contribution in [0.3, 0.4) is 0 Å². The standard InChI is InChI=1S/C19H25NO2S/c1-11-8-12(10-20)4-5-13(11)17-16(18(21)22)14-9-19(2,3)7-6-15(14)23-17/h4-5,8,16-17H,6-7,9-10,20H2,1-3H3,(H,21,22). The average molecular weight is 331 g/mol. The van der Waals surface area contributed by atoms with Crippen LogP contribution in [0.4, 0.5) is 0 Å². The summed E-state index contributed by atoms with van der Waals surface area (Å²) >= 11 is 1.78. The Morgan fingerprint density at radius 3 is 2.78 bits per heavy atom. The van der Waals surface area contributed by atoms with E-state index in [2.05, 4.69) is 32.9 Å². The Bertz CT molecular complexity index is 678. The highest BCUT2D eigenvalue weighted by atomic mass is 32.2. The Hall–Kier alpha value is -1.26. The molecule has 1 heterocycles. The van der Waals surface area contributed by atoms with Crippen LogP contribution in [-0.2, 0) is 11.3 Å². The Kier molecular flexibility index (Phi) is 4.32. The first kappa shape index (κ1) is 16.6. The molecule has 2 unspecified atom stereocenters. The Balaban J connectivity index is 1.97. The van der Waals surface area contributed by atoms with Gasteiger partial charge in [-0.1, -0.05) is 32.0 Å². The van der Waals surface area contributed by atoms with Gasteiger partial charge in [-0.05, 0) is 58.8 Å². The van der Waals surface area contributed by atoms with Crippen molar-refractivity contribution < 1.29 is 9.90 Å². The molecule has 0 radical (unpaired) electrons. The number of aliphatic carboxylic acids is 1. The van der Waals surface area contributed by atoms with Crippen LogP contribution in [0.2, 0.25) is 0 Å². The fourth-order valence-electron chi connectivity index (χ4n) is 3.84. The molecular formula is C19H25NO2S. The van der Waals surface area contributed by atoms with Gasteiger partial charge in [-0.2, -0.15) is 0 Å². The number of hydrogen-bond donors (Lipinski definition) is 2. The van der Waals surface area contributed by atoms with Crippen LogP contribution in [0.25, 0.3) is 0 Å². The third-order valence-electron chi connectivity index (χ3n) is 5.15. The zero-order valence-electron chi connectivity index (χ0n) is 14.1. The van der Waals surface area contributed by atoms with E-state index < -0.39 is 11.9 Å². The highest BCUT2D eigenvalue weighted by Gasteiger charge is 2.45. The molecule has 0 bridgehead atoms. The minimum atomic E-state index is -0.687. The predicted molar refractivity (Wildman–Crippen MR) is 95.2 cm³/mol. The number of allylic oxidation sites excluding steroid dienone is 1. The third kappa shape index (κ3) is 3.07. The minimum Gasteiger partial charge on any atom is -0.481 e. The van der Waals surface area contributed by atoms with Crippen molar-refractivity contribution in [2.45, 2.75) is 51.8 Å². The van der Waals surface area contributed by atoms with E-state index in [1.165, 1.54) is 10.5 Å². The zero-order valence-corrected chi connectivity index (χ0v) is 14.9. The van der Waals surface area contributed by atoms with Crippen molar-refractivity contribution in [1.82, 2.24) is 0 Å². The van der Waals surface area contributed by atoms with Crippen molar-refractivity contribution in [3.8, 4) is 0 Å². The summed E-state index contributed by atoms with van der Waals surface area (Å²) in [6, 6.07) is 6.20. The van der Waals surface area contributed by atoms with Crippen molar-refractivity contribution in [1.29, 1.82) is 0 Å². The molecule has 124 valence electrons. The van der Waals surface area contributed by atoms with E-state index in [1.54, 1.807) is 11.8 Å². The van der Waals surface area contributed by atoms with Crippen molar-refractivity contribution in [3.63, 3.8) is 0 Å². The lowest BCUT2D eigenvalue weighted by Gasteiger charge is -2.31. The second-order valence-corrected chi connectivity index (χ2v) is 8.78. The van der Waals surface area contributed by atoms with Crippen LogP contribution in [-0.4, -0.2) is 11.1 Å².